The summed E-state index contributed by atoms with van der Waals surface area (Å²) in [6, 6.07) is 7.51. The molecule has 6 nitrogen and oxygen atoms in total. The third kappa shape index (κ3) is 3.76. The lowest BCUT2D eigenvalue weighted by atomic mass is 9.97. The van der Waals surface area contributed by atoms with Crippen molar-refractivity contribution in [2.45, 2.75) is 55.4 Å². The van der Waals surface area contributed by atoms with Crippen LogP contribution in [0.2, 0.25) is 0 Å². The Hall–Kier alpha value is -2.32. The Kier molecular flexibility index (Phi) is 5.75. The van der Waals surface area contributed by atoms with Crippen molar-refractivity contribution in [3.63, 3.8) is 0 Å². The lowest BCUT2D eigenvalue weighted by Crippen LogP contribution is -2.31. The van der Waals surface area contributed by atoms with E-state index in [1.807, 2.05) is 24.3 Å². The van der Waals surface area contributed by atoms with Gasteiger partial charge in [0.05, 0.1) is 23.4 Å². The Balaban J connectivity index is 1.73. The predicted molar refractivity (Wildman–Crippen MR) is 125 cm³/mol. The van der Waals surface area contributed by atoms with Crippen LogP contribution in [-0.2, 0) is 17.6 Å². The van der Waals surface area contributed by atoms with E-state index in [1.165, 1.54) is 16.6 Å². The molecule has 1 aromatic carbocycles. The maximum Gasteiger partial charge on any atom is 0.267 e. The zero-order valence-electron chi connectivity index (χ0n) is 17.5. The Bertz CT molecular complexity index is 1200. The van der Waals surface area contributed by atoms with Crippen LogP contribution in [0.25, 0.3) is 15.9 Å². The Labute approximate surface area is 189 Å². The van der Waals surface area contributed by atoms with Crippen molar-refractivity contribution < 1.29 is 9.53 Å². The van der Waals surface area contributed by atoms with Gasteiger partial charge < -0.3 is 10.1 Å². The maximum atomic E-state index is 13.9. The van der Waals surface area contributed by atoms with E-state index in [0.29, 0.717) is 23.1 Å². The summed E-state index contributed by atoms with van der Waals surface area (Å²) in [5.41, 5.74) is 1.76. The van der Waals surface area contributed by atoms with Gasteiger partial charge in [-0.3, -0.25) is 14.2 Å². The quantitative estimate of drug-likeness (QED) is 0.600. The van der Waals surface area contributed by atoms with E-state index >= 15 is 0 Å². The molecule has 8 heteroatoms. The number of benzene rings is 1. The molecule has 0 saturated carbocycles. The first-order valence-electron chi connectivity index (χ1n) is 10.8. The second-order valence-electron chi connectivity index (χ2n) is 7.99. The molecule has 2 aliphatic rings. The number of aryl methyl sites for hydroxylation is 2. The van der Waals surface area contributed by atoms with Crippen LogP contribution >= 0.6 is 23.1 Å². The third-order valence-electron chi connectivity index (χ3n) is 6.02. The number of hydrogen-bond acceptors (Lipinski definition) is 6. The molecule has 1 fully saturated rings. The van der Waals surface area contributed by atoms with Gasteiger partial charge in [-0.05, 0) is 56.2 Å². The summed E-state index contributed by atoms with van der Waals surface area (Å²) >= 11 is 3.03. The molecule has 3 aromatic rings. The number of methoxy groups -OCH3 is 1. The normalized spacial score (nSPS) is 19.0. The molecule has 1 N–H and O–H groups in total. The summed E-state index contributed by atoms with van der Waals surface area (Å²) < 4.78 is 7.23. The smallest absolute Gasteiger partial charge is 0.267 e. The van der Waals surface area contributed by atoms with Gasteiger partial charge in [-0.15, -0.1) is 11.3 Å². The van der Waals surface area contributed by atoms with E-state index in [9.17, 15) is 9.59 Å². The van der Waals surface area contributed by atoms with Crippen molar-refractivity contribution in [2.75, 3.05) is 13.7 Å². The average Bonchev–Trinajstić information content (AvgIpc) is 3.04. The van der Waals surface area contributed by atoms with Gasteiger partial charge in [0.15, 0.2) is 5.16 Å². The minimum atomic E-state index is -0.262. The zero-order chi connectivity index (χ0) is 21.4. The molecular weight excluding hydrogens is 430 g/mol. The van der Waals surface area contributed by atoms with Crippen LogP contribution in [0.5, 0.6) is 5.75 Å². The largest absolute Gasteiger partial charge is 0.495 e. The van der Waals surface area contributed by atoms with Gasteiger partial charge in [-0.1, -0.05) is 30.3 Å². The van der Waals surface area contributed by atoms with E-state index in [4.69, 9.17) is 9.72 Å². The molecule has 0 radical (unpaired) electrons. The van der Waals surface area contributed by atoms with Crippen LogP contribution in [-0.4, -0.2) is 34.4 Å². The number of thiophene rings is 1. The SMILES string of the molecule is COc1ccccc1-n1c(SC2CCCCNC2=O)nc2sc3c(c2c1=O)CCCC3. The van der Waals surface area contributed by atoms with Gasteiger partial charge in [0.1, 0.15) is 10.6 Å². The molecule has 1 aliphatic heterocycles. The third-order valence-corrected chi connectivity index (χ3v) is 8.42. The molecule has 5 rings (SSSR count). The minimum absolute atomic E-state index is 0.0221. The van der Waals surface area contributed by atoms with Crippen molar-refractivity contribution in [2.24, 2.45) is 0 Å². The van der Waals surface area contributed by atoms with Gasteiger partial charge in [0.2, 0.25) is 5.91 Å². The van der Waals surface area contributed by atoms with Crippen molar-refractivity contribution in [1.82, 2.24) is 14.9 Å². The van der Waals surface area contributed by atoms with E-state index in [1.54, 1.807) is 23.0 Å². The minimum Gasteiger partial charge on any atom is -0.495 e. The fourth-order valence-corrected chi connectivity index (χ4v) is 6.91. The number of carbonyl (C=O) groups is 1. The molecule has 1 saturated heterocycles. The summed E-state index contributed by atoms with van der Waals surface area (Å²) in [4.78, 5) is 33.6. The average molecular weight is 456 g/mol. The Morgan fingerprint density at radius 1 is 1.16 bits per heavy atom. The lowest BCUT2D eigenvalue weighted by molar-refractivity contribution is -0.120. The fraction of sp³-hybridized carbons (Fsp3) is 0.435. The second kappa shape index (κ2) is 8.67. The van der Waals surface area contributed by atoms with E-state index in [-0.39, 0.29) is 16.7 Å². The first-order chi connectivity index (χ1) is 15.2. The standard InChI is InChI=1S/C23H25N3O3S2/c1-29-16-10-4-3-9-15(16)26-22(28)19-14-8-2-5-11-17(14)30-21(19)25-23(26)31-18-12-6-7-13-24-20(18)27/h3-4,9-10,18H,2,5-8,11-13H2,1H3,(H,24,27). The van der Waals surface area contributed by atoms with Gasteiger partial charge >= 0.3 is 0 Å². The van der Waals surface area contributed by atoms with Crippen molar-refractivity contribution >= 4 is 39.2 Å². The monoisotopic (exact) mass is 455 g/mol. The Morgan fingerprint density at radius 3 is 2.87 bits per heavy atom. The van der Waals surface area contributed by atoms with Crippen molar-refractivity contribution in [1.29, 1.82) is 0 Å². The number of nitrogens with one attached hydrogen (secondary N) is 1. The number of fused-ring (bicyclic) bond motifs is 3. The van der Waals surface area contributed by atoms with Crippen LogP contribution in [0.15, 0.2) is 34.2 Å². The summed E-state index contributed by atoms with van der Waals surface area (Å²) in [7, 11) is 1.61. The number of ether oxygens (including phenoxy) is 1. The van der Waals surface area contributed by atoms with Gasteiger partial charge in [-0.25, -0.2) is 4.98 Å². The predicted octanol–water partition coefficient (Wildman–Crippen LogP) is 4.10. The van der Waals surface area contributed by atoms with Crippen LogP contribution < -0.4 is 15.6 Å². The highest BCUT2D eigenvalue weighted by atomic mass is 32.2. The number of hydrogen-bond donors (Lipinski definition) is 1. The van der Waals surface area contributed by atoms with E-state index in [0.717, 1.165) is 60.7 Å². The number of rotatable bonds is 4. The molecule has 162 valence electrons. The van der Waals surface area contributed by atoms with Crippen LogP contribution in [0.4, 0.5) is 0 Å². The molecule has 1 unspecified atom stereocenters. The number of thioether (sulfide) groups is 1. The van der Waals surface area contributed by atoms with Gasteiger partial charge in [-0.2, -0.15) is 0 Å². The molecule has 31 heavy (non-hydrogen) atoms. The number of aromatic nitrogens is 2. The number of amides is 1. The Morgan fingerprint density at radius 2 is 2.00 bits per heavy atom. The van der Waals surface area contributed by atoms with Crippen LogP contribution in [0.3, 0.4) is 0 Å². The topological polar surface area (TPSA) is 73.2 Å². The molecule has 0 spiro atoms. The molecule has 1 aliphatic carbocycles. The number of para-hydroxylation sites is 2. The van der Waals surface area contributed by atoms with Gasteiger partial charge in [0, 0.05) is 11.4 Å². The lowest BCUT2D eigenvalue weighted by Gasteiger charge is -2.18. The molecular formula is C23H25N3O3S2. The van der Waals surface area contributed by atoms with E-state index < -0.39 is 0 Å². The second-order valence-corrected chi connectivity index (χ2v) is 10.2. The molecule has 1 amide bonds. The van der Waals surface area contributed by atoms with Crippen molar-refractivity contribution in [3.8, 4) is 11.4 Å². The highest BCUT2D eigenvalue weighted by molar-refractivity contribution is 8.00. The van der Waals surface area contributed by atoms with E-state index in [2.05, 4.69) is 5.32 Å². The molecule has 3 heterocycles. The molecule has 2 aromatic heterocycles. The number of carbonyl (C=O) groups excluding carboxylic acids is 1. The zero-order valence-corrected chi connectivity index (χ0v) is 19.1. The highest BCUT2D eigenvalue weighted by Crippen LogP contribution is 2.37. The van der Waals surface area contributed by atoms with Gasteiger partial charge in [0.25, 0.3) is 5.56 Å². The summed E-state index contributed by atoms with van der Waals surface area (Å²) in [5.74, 6) is 0.635. The molecule has 0 bridgehead atoms. The summed E-state index contributed by atoms with van der Waals surface area (Å²) in [6.45, 7) is 0.708. The molecule has 1 atom stereocenters. The number of nitrogens with zero attached hydrogens (tertiary/aromatic N) is 2. The van der Waals surface area contributed by atoms with Crippen LogP contribution in [0, 0.1) is 0 Å². The summed E-state index contributed by atoms with van der Waals surface area (Å²) in [6.07, 6.45) is 6.93. The maximum absolute atomic E-state index is 13.9. The first kappa shape index (κ1) is 20.6. The fourth-order valence-electron chi connectivity index (χ4n) is 4.44. The summed E-state index contributed by atoms with van der Waals surface area (Å²) in [5, 5.41) is 4.02. The van der Waals surface area contributed by atoms with Crippen LogP contribution in [0.1, 0.15) is 42.5 Å². The first-order valence-corrected chi connectivity index (χ1v) is 12.5. The highest BCUT2D eigenvalue weighted by Gasteiger charge is 2.28. The van der Waals surface area contributed by atoms with Crippen molar-refractivity contribution in [3.05, 3.63) is 45.1 Å².